The monoisotopic (exact) mass is 294 g/mol. The molecule has 0 heterocycles. The summed E-state index contributed by atoms with van der Waals surface area (Å²) in [6, 6.07) is 7.90. The number of rotatable bonds is 3. The van der Waals surface area contributed by atoms with E-state index in [1.54, 1.807) is 0 Å². The highest BCUT2D eigenvalue weighted by atomic mass is 35.5. The summed E-state index contributed by atoms with van der Waals surface area (Å²) in [4.78, 5) is 12.2. The summed E-state index contributed by atoms with van der Waals surface area (Å²) >= 11 is 0. The van der Waals surface area contributed by atoms with Gasteiger partial charge in [0, 0.05) is 17.6 Å². The minimum atomic E-state index is 0. The third-order valence-electron chi connectivity index (χ3n) is 4.66. The van der Waals surface area contributed by atoms with Crippen LogP contribution in [0, 0.1) is 17.8 Å². The van der Waals surface area contributed by atoms with Gasteiger partial charge in [-0.2, -0.15) is 0 Å². The second kappa shape index (κ2) is 6.15. The zero-order valence-corrected chi connectivity index (χ0v) is 12.7. The number of nitrogens with one attached hydrogen (secondary N) is 1. The lowest BCUT2D eigenvalue weighted by Crippen LogP contribution is -2.15. The van der Waals surface area contributed by atoms with Gasteiger partial charge in [0.25, 0.3) is 0 Å². The summed E-state index contributed by atoms with van der Waals surface area (Å²) in [5.74, 6) is 1.82. The van der Waals surface area contributed by atoms with Crippen LogP contribution in [0.25, 0.3) is 0 Å². The zero-order valence-electron chi connectivity index (χ0n) is 11.8. The van der Waals surface area contributed by atoms with E-state index in [0.717, 1.165) is 11.3 Å². The molecule has 3 atom stereocenters. The van der Waals surface area contributed by atoms with Gasteiger partial charge in [-0.25, -0.2) is 0 Å². The number of benzene rings is 1. The molecule has 1 aromatic carbocycles. The molecule has 2 aliphatic carbocycles. The lowest BCUT2D eigenvalue weighted by molar-refractivity contribution is -0.117. The zero-order chi connectivity index (χ0) is 13.4. The van der Waals surface area contributed by atoms with Crippen molar-refractivity contribution in [1.29, 1.82) is 0 Å². The first-order valence-corrected chi connectivity index (χ1v) is 7.33. The molecule has 0 radical (unpaired) electrons. The van der Waals surface area contributed by atoms with Crippen molar-refractivity contribution < 1.29 is 4.79 Å². The number of halogens is 1. The van der Waals surface area contributed by atoms with E-state index < -0.39 is 0 Å². The van der Waals surface area contributed by atoms with E-state index in [0.29, 0.717) is 11.8 Å². The molecule has 2 fully saturated rings. The molecule has 2 aliphatic rings. The van der Waals surface area contributed by atoms with Gasteiger partial charge in [-0.15, -0.1) is 12.4 Å². The van der Waals surface area contributed by atoms with Crippen LogP contribution in [-0.2, 0) is 4.79 Å². The fourth-order valence-electron chi connectivity index (χ4n) is 3.48. The topological polar surface area (TPSA) is 55.1 Å². The Balaban J connectivity index is 0.00000147. The number of carbonyl (C=O) groups is 1. The summed E-state index contributed by atoms with van der Waals surface area (Å²) in [5, 5.41) is 3.05. The van der Waals surface area contributed by atoms with Crippen LogP contribution in [0.2, 0.25) is 0 Å². The summed E-state index contributed by atoms with van der Waals surface area (Å²) in [7, 11) is 0. The molecule has 3 unspecified atom stereocenters. The molecule has 0 aromatic heterocycles. The number of anilines is 1. The molecule has 0 aliphatic heterocycles. The van der Waals surface area contributed by atoms with Crippen LogP contribution in [0.15, 0.2) is 24.3 Å². The lowest BCUT2D eigenvalue weighted by atomic mass is 10.0. The Morgan fingerprint density at radius 3 is 2.25 bits per heavy atom. The Hall–Kier alpha value is -1.06. The molecule has 20 heavy (non-hydrogen) atoms. The third kappa shape index (κ3) is 2.99. The van der Waals surface area contributed by atoms with E-state index in [9.17, 15) is 4.79 Å². The number of hydrogen-bond acceptors (Lipinski definition) is 2. The van der Waals surface area contributed by atoms with Crippen LogP contribution in [0.3, 0.4) is 0 Å². The Bertz CT molecular complexity index is 460. The van der Waals surface area contributed by atoms with Gasteiger partial charge in [0.15, 0.2) is 0 Å². The number of nitrogens with two attached hydrogens (primary N) is 1. The predicted molar refractivity (Wildman–Crippen MR) is 83.9 cm³/mol. The van der Waals surface area contributed by atoms with E-state index >= 15 is 0 Å². The van der Waals surface area contributed by atoms with Crippen molar-refractivity contribution in [3.8, 4) is 0 Å². The van der Waals surface area contributed by atoms with Crippen LogP contribution >= 0.6 is 12.4 Å². The number of fused-ring (bicyclic) bond motifs is 1. The van der Waals surface area contributed by atoms with E-state index in [2.05, 4.69) is 5.32 Å². The predicted octanol–water partition coefficient (Wildman–Crippen LogP) is 3.50. The van der Waals surface area contributed by atoms with Crippen LogP contribution < -0.4 is 11.1 Å². The van der Waals surface area contributed by atoms with Gasteiger partial charge in [0.2, 0.25) is 5.91 Å². The summed E-state index contributed by atoms with van der Waals surface area (Å²) in [5.41, 5.74) is 7.80. The molecule has 0 saturated heterocycles. The van der Waals surface area contributed by atoms with Crippen LogP contribution in [0.5, 0.6) is 0 Å². The minimum absolute atomic E-state index is 0. The lowest BCUT2D eigenvalue weighted by Gasteiger charge is -2.08. The molecule has 1 amide bonds. The third-order valence-corrected chi connectivity index (χ3v) is 4.66. The van der Waals surface area contributed by atoms with Crippen LogP contribution in [-0.4, -0.2) is 5.91 Å². The first-order valence-electron chi connectivity index (χ1n) is 7.33. The maximum absolute atomic E-state index is 12.2. The van der Waals surface area contributed by atoms with Crippen molar-refractivity contribution in [2.45, 2.75) is 38.6 Å². The second-order valence-corrected chi connectivity index (χ2v) is 6.04. The van der Waals surface area contributed by atoms with Crippen molar-refractivity contribution >= 4 is 24.0 Å². The molecule has 1 aromatic rings. The fourth-order valence-corrected chi connectivity index (χ4v) is 3.48. The smallest absolute Gasteiger partial charge is 0.228 e. The SMILES string of the molecule is CC(N)c1ccc(NC(=O)C2C3CCCCC32)cc1.Cl. The molecule has 3 N–H and O–H groups in total. The van der Waals surface area contributed by atoms with Crippen molar-refractivity contribution in [3.63, 3.8) is 0 Å². The van der Waals surface area contributed by atoms with E-state index in [-0.39, 0.29) is 30.3 Å². The molecule has 0 spiro atoms. The fraction of sp³-hybridized carbons (Fsp3) is 0.562. The average Bonchev–Trinajstić information content (AvgIpc) is 3.13. The van der Waals surface area contributed by atoms with Crippen molar-refractivity contribution in [3.05, 3.63) is 29.8 Å². The minimum Gasteiger partial charge on any atom is -0.326 e. The quantitative estimate of drug-likeness (QED) is 0.896. The summed E-state index contributed by atoms with van der Waals surface area (Å²) in [6.07, 6.45) is 5.08. The summed E-state index contributed by atoms with van der Waals surface area (Å²) in [6.45, 7) is 1.96. The number of hydrogen-bond donors (Lipinski definition) is 2. The highest BCUT2D eigenvalue weighted by molar-refractivity contribution is 5.94. The molecular formula is C16H23ClN2O. The first kappa shape index (κ1) is 15.3. The maximum Gasteiger partial charge on any atom is 0.228 e. The van der Waals surface area contributed by atoms with Crippen molar-refractivity contribution in [2.24, 2.45) is 23.5 Å². The van der Waals surface area contributed by atoms with Gasteiger partial charge >= 0.3 is 0 Å². The van der Waals surface area contributed by atoms with Gasteiger partial charge < -0.3 is 11.1 Å². The number of carbonyl (C=O) groups excluding carboxylic acids is 1. The Kier molecular flexibility index (Phi) is 4.71. The van der Waals surface area contributed by atoms with Gasteiger partial charge in [-0.3, -0.25) is 4.79 Å². The van der Waals surface area contributed by atoms with Crippen molar-refractivity contribution in [2.75, 3.05) is 5.32 Å². The molecule has 3 rings (SSSR count). The van der Waals surface area contributed by atoms with E-state index in [1.165, 1.54) is 25.7 Å². The average molecular weight is 295 g/mol. The standard InChI is InChI=1S/C16H22N2O.ClH/c1-10(17)11-6-8-12(9-7-11)18-16(19)15-13-4-2-3-5-14(13)15;/h6-10,13-15H,2-5,17H2,1H3,(H,18,19);1H. The molecule has 3 nitrogen and oxygen atoms in total. The van der Waals surface area contributed by atoms with E-state index in [1.807, 2.05) is 31.2 Å². The molecule has 2 saturated carbocycles. The van der Waals surface area contributed by atoms with Crippen LogP contribution in [0.4, 0.5) is 5.69 Å². The van der Waals surface area contributed by atoms with Gasteiger partial charge in [0.05, 0.1) is 0 Å². The highest BCUT2D eigenvalue weighted by Crippen LogP contribution is 2.55. The second-order valence-electron chi connectivity index (χ2n) is 6.04. The van der Waals surface area contributed by atoms with Gasteiger partial charge in [-0.05, 0) is 49.3 Å². The van der Waals surface area contributed by atoms with Crippen LogP contribution in [0.1, 0.15) is 44.2 Å². The highest BCUT2D eigenvalue weighted by Gasteiger charge is 2.54. The molecule has 110 valence electrons. The Morgan fingerprint density at radius 2 is 1.75 bits per heavy atom. The van der Waals surface area contributed by atoms with Gasteiger partial charge in [0.1, 0.15) is 0 Å². The Labute approximate surface area is 126 Å². The normalized spacial score (nSPS) is 28.8. The largest absolute Gasteiger partial charge is 0.326 e. The molecular weight excluding hydrogens is 272 g/mol. The molecule has 0 bridgehead atoms. The Morgan fingerprint density at radius 1 is 1.20 bits per heavy atom. The summed E-state index contributed by atoms with van der Waals surface area (Å²) < 4.78 is 0. The molecule has 4 heteroatoms. The van der Waals surface area contributed by atoms with Gasteiger partial charge in [-0.1, -0.05) is 25.0 Å². The number of amides is 1. The maximum atomic E-state index is 12.2. The van der Waals surface area contributed by atoms with E-state index in [4.69, 9.17) is 5.73 Å². The first-order chi connectivity index (χ1) is 9.16. The van der Waals surface area contributed by atoms with Crippen molar-refractivity contribution in [1.82, 2.24) is 0 Å².